The fourth-order valence-electron chi connectivity index (χ4n) is 2.05. The van der Waals surface area contributed by atoms with Crippen LogP contribution >= 0.6 is 23.4 Å². The Kier molecular flexibility index (Phi) is 4.27. The molecule has 1 N–H and O–H groups in total. The van der Waals surface area contributed by atoms with Crippen LogP contribution in [0.5, 0.6) is 0 Å². The number of nitrogens with zero attached hydrogens (tertiary/aromatic N) is 1. The summed E-state index contributed by atoms with van der Waals surface area (Å²) < 4.78 is 0. The van der Waals surface area contributed by atoms with Crippen molar-refractivity contribution in [3.8, 4) is 0 Å². The van der Waals surface area contributed by atoms with Crippen molar-refractivity contribution in [3.05, 3.63) is 65.2 Å². The minimum atomic E-state index is -0.126. The SMILES string of the molecule is O=C1NC(=Nc2ccc(Cl)cc2)S[C@H]1Cc1ccccc1. The van der Waals surface area contributed by atoms with Crippen LogP contribution in [0.4, 0.5) is 5.69 Å². The van der Waals surface area contributed by atoms with E-state index in [-0.39, 0.29) is 11.2 Å². The van der Waals surface area contributed by atoms with Crippen molar-refractivity contribution in [1.82, 2.24) is 5.32 Å². The molecule has 0 saturated carbocycles. The molecule has 0 unspecified atom stereocenters. The Balaban J connectivity index is 1.71. The van der Waals surface area contributed by atoms with Gasteiger partial charge in [0.25, 0.3) is 0 Å². The van der Waals surface area contributed by atoms with Crippen LogP contribution in [0.25, 0.3) is 0 Å². The number of carbonyl (C=O) groups is 1. The average Bonchev–Trinajstić information content (AvgIpc) is 2.82. The minimum absolute atomic E-state index is 0.0107. The number of amidine groups is 1. The lowest BCUT2D eigenvalue weighted by Crippen LogP contribution is -2.25. The van der Waals surface area contributed by atoms with Crippen molar-refractivity contribution in [2.45, 2.75) is 11.7 Å². The Morgan fingerprint density at radius 3 is 2.52 bits per heavy atom. The van der Waals surface area contributed by atoms with E-state index in [9.17, 15) is 4.79 Å². The number of thioether (sulfide) groups is 1. The lowest BCUT2D eigenvalue weighted by molar-refractivity contribution is -0.118. The Morgan fingerprint density at radius 2 is 1.81 bits per heavy atom. The summed E-state index contributed by atoms with van der Waals surface area (Å²) in [7, 11) is 0. The number of benzene rings is 2. The summed E-state index contributed by atoms with van der Waals surface area (Å²) in [5.74, 6) is 0.0107. The van der Waals surface area contributed by atoms with Crippen molar-refractivity contribution in [2.24, 2.45) is 4.99 Å². The van der Waals surface area contributed by atoms with Crippen LogP contribution in [0.1, 0.15) is 5.56 Å². The van der Waals surface area contributed by atoms with Crippen molar-refractivity contribution in [3.63, 3.8) is 0 Å². The average molecular weight is 317 g/mol. The van der Waals surface area contributed by atoms with Crippen molar-refractivity contribution in [2.75, 3.05) is 0 Å². The number of halogens is 1. The molecule has 1 atom stereocenters. The maximum atomic E-state index is 12.0. The molecule has 0 radical (unpaired) electrons. The number of nitrogens with one attached hydrogen (secondary N) is 1. The molecule has 1 heterocycles. The van der Waals surface area contributed by atoms with Gasteiger partial charge in [0.05, 0.1) is 10.9 Å². The molecule has 1 aliphatic rings. The van der Waals surface area contributed by atoms with Gasteiger partial charge in [-0.1, -0.05) is 53.7 Å². The van der Waals surface area contributed by atoms with Gasteiger partial charge in [-0.2, -0.15) is 0 Å². The fraction of sp³-hybridized carbons (Fsp3) is 0.125. The molecule has 0 spiro atoms. The number of carbonyl (C=O) groups excluding carboxylic acids is 1. The van der Waals surface area contributed by atoms with E-state index in [0.29, 0.717) is 16.6 Å². The Hall–Kier alpha value is -1.78. The lowest BCUT2D eigenvalue weighted by atomic mass is 10.1. The zero-order valence-corrected chi connectivity index (χ0v) is 12.7. The molecule has 2 aromatic rings. The van der Waals surface area contributed by atoms with Gasteiger partial charge in [-0.25, -0.2) is 4.99 Å². The minimum Gasteiger partial charge on any atom is -0.304 e. The third-order valence-corrected chi connectivity index (χ3v) is 4.43. The monoisotopic (exact) mass is 316 g/mol. The fourth-order valence-corrected chi connectivity index (χ4v) is 3.21. The second kappa shape index (κ2) is 6.33. The van der Waals surface area contributed by atoms with E-state index < -0.39 is 0 Å². The summed E-state index contributed by atoms with van der Waals surface area (Å²) in [6, 6.07) is 17.2. The normalized spacial score (nSPS) is 19.8. The molecule has 2 aromatic carbocycles. The van der Waals surface area contributed by atoms with Crippen LogP contribution < -0.4 is 5.32 Å². The molecule has 1 amide bonds. The highest BCUT2D eigenvalue weighted by Crippen LogP contribution is 2.26. The zero-order valence-electron chi connectivity index (χ0n) is 11.1. The van der Waals surface area contributed by atoms with Gasteiger partial charge in [-0.3, -0.25) is 4.79 Å². The summed E-state index contributed by atoms with van der Waals surface area (Å²) in [5, 5.41) is 4.01. The van der Waals surface area contributed by atoms with E-state index in [1.807, 2.05) is 42.5 Å². The smallest absolute Gasteiger partial charge is 0.239 e. The third kappa shape index (κ3) is 3.65. The van der Waals surface area contributed by atoms with Gasteiger partial charge in [0.15, 0.2) is 5.17 Å². The van der Waals surface area contributed by atoms with Crippen LogP contribution in [-0.4, -0.2) is 16.3 Å². The van der Waals surface area contributed by atoms with Crippen LogP contribution in [0.3, 0.4) is 0 Å². The van der Waals surface area contributed by atoms with E-state index >= 15 is 0 Å². The van der Waals surface area contributed by atoms with E-state index in [2.05, 4.69) is 10.3 Å². The van der Waals surface area contributed by atoms with Crippen molar-refractivity contribution >= 4 is 40.1 Å². The highest BCUT2D eigenvalue weighted by molar-refractivity contribution is 8.15. The van der Waals surface area contributed by atoms with E-state index in [1.54, 1.807) is 12.1 Å². The van der Waals surface area contributed by atoms with E-state index in [4.69, 9.17) is 11.6 Å². The van der Waals surface area contributed by atoms with Gasteiger partial charge in [0, 0.05) is 5.02 Å². The molecular formula is C16H13ClN2OS. The number of amides is 1. The summed E-state index contributed by atoms with van der Waals surface area (Å²) in [6.45, 7) is 0. The van der Waals surface area contributed by atoms with Gasteiger partial charge >= 0.3 is 0 Å². The van der Waals surface area contributed by atoms with Crippen LogP contribution in [0, 0.1) is 0 Å². The van der Waals surface area contributed by atoms with Crippen LogP contribution in [0.15, 0.2) is 59.6 Å². The highest BCUT2D eigenvalue weighted by Gasteiger charge is 2.30. The van der Waals surface area contributed by atoms with Gasteiger partial charge in [-0.15, -0.1) is 0 Å². The standard InChI is InChI=1S/C16H13ClN2OS/c17-12-6-8-13(9-7-12)18-16-19-15(20)14(21-16)10-11-4-2-1-3-5-11/h1-9,14H,10H2,(H,18,19,20)/t14-/m0/s1. The van der Waals surface area contributed by atoms with E-state index in [0.717, 1.165) is 11.3 Å². The molecule has 1 aliphatic heterocycles. The number of rotatable bonds is 3. The van der Waals surface area contributed by atoms with E-state index in [1.165, 1.54) is 11.8 Å². The summed E-state index contributed by atoms with van der Waals surface area (Å²) >= 11 is 7.31. The second-order valence-corrected chi connectivity index (χ2v) is 6.31. The van der Waals surface area contributed by atoms with Crippen molar-refractivity contribution in [1.29, 1.82) is 0 Å². The maximum absolute atomic E-state index is 12.0. The van der Waals surface area contributed by atoms with Crippen LogP contribution in [0.2, 0.25) is 5.02 Å². The van der Waals surface area contributed by atoms with Gasteiger partial charge < -0.3 is 5.32 Å². The highest BCUT2D eigenvalue weighted by atomic mass is 35.5. The number of aliphatic imine (C=N–C) groups is 1. The molecule has 3 rings (SSSR count). The molecule has 1 saturated heterocycles. The maximum Gasteiger partial charge on any atom is 0.239 e. The summed E-state index contributed by atoms with van der Waals surface area (Å²) in [4.78, 5) is 16.4. The first kappa shape index (κ1) is 14.2. The molecule has 106 valence electrons. The van der Waals surface area contributed by atoms with Crippen LogP contribution in [-0.2, 0) is 11.2 Å². The topological polar surface area (TPSA) is 41.5 Å². The molecule has 0 aromatic heterocycles. The van der Waals surface area contributed by atoms with Gasteiger partial charge in [0.2, 0.25) is 5.91 Å². The van der Waals surface area contributed by atoms with Gasteiger partial charge in [-0.05, 0) is 36.2 Å². The number of hydrogen-bond donors (Lipinski definition) is 1. The first-order valence-corrected chi connectivity index (χ1v) is 7.82. The summed E-state index contributed by atoms with van der Waals surface area (Å²) in [5.41, 5.74) is 1.93. The quantitative estimate of drug-likeness (QED) is 0.935. The lowest BCUT2D eigenvalue weighted by Gasteiger charge is -2.04. The number of hydrogen-bond acceptors (Lipinski definition) is 3. The second-order valence-electron chi connectivity index (χ2n) is 4.68. The Morgan fingerprint density at radius 1 is 1.10 bits per heavy atom. The molecule has 21 heavy (non-hydrogen) atoms. The molecule has 0 bridgehead atoms. The molecule has 1 fully saturated rings. The Bertz CT molecular complexity index is 670. The van der Waals surface area contributed by atoms with Gasteiger partial charge in [0.1, 0.15) is 0 Å². The predicted molar refractivity (Wildman–Crippen MR) is 88.2 cm³/mol. The predicted octanol–water partition coefficient (Wildman–Crippen LogP) is 3.80. The molecule has 5 heteroatoms. The van der Waals surface area contributed by atoms with Crippen molar-refractivity contribution < 1.29 is 4.79 Å². The largest absolute Gasteiger partial charge is 0.304 e. The first-order valence-electron chi connectivity index (χ1n) is 6.56. The zero-order chi connectivity index (χ0) is 14.7. The Labute approximate surface area is 132 Å². The summed E-state index contributed by atoms with van der Waals surface area (Å²) in [6.07, 6.45) is 0.705. The molecular weight excluding hydrogens is 304 g/mol. The molecule has 3 nitrogen and oxygen atoms in total. The molecule has 0 aliphatic carbocycles. The first-order chi connectivity index (χ1) is 10.2. The third-order valence-electron chi connectivity index (χ3n) is 3.10.